The van der Waals surface area contributed by atoms with E-state index in [1.54, 1.807) is 0 Å². The number of ether oxygens (including phenoxy) is 1. The summed E-state index contributed by atoms with van der Waals surface area (Å²) in [5.41, 5.74) is 5.71. The van der Waals surface area contributed by atoms with Crippen LogP contribution in [0.4, 0.5) is 4.79 Å². The maximum absolute atomic E-state index is 11.4. The van der Waals surface area contributed by atoms with E-state index < -0.39 is 18.1 Å². The molecule has 0 saturated carbocycles. The largest absolute Gasteiger partial charge is 0.435 e. The minimum absolute atomic E-state index is 0.0947. The highest BCUT2D eigenvalue weighted by Crippen LogP contribution is 2.00. The average Bonchev–Trinajstić information content (AvgIpc) is 2.37. The molecule has 5 nitrogen and oxygen atoms in total. The van der Waals surface area contributed by atoms with Gasteiger partial charge in [-0.25, -0.2) is 4.79 Å². The lowest BCUT2D eigenvalue weighted by molar-refractivity contribution is -0.128. The van der Waals surface area contributed by atoms with Gasteiger partial charge >= 0.3 is 6.09 Å². The van der Waals surface area contributed by atoms with Crippen molar-refractivity contribution in [2.24, 2.45) is 5.73 Å². The van der Waals surface area contributed by atoms with Crippen molar-refractivity contribution in [3.8, 4) is 11.8 Å². The van der Waals surface area contributed by atoms with Crippen LogP contribution in [0, 0.1) is 11.8 Å². The van der Waals surface area contributed by atoms with E-state index in [0.717, 1.165) is 5.56 Å². The van der Waals surface area contributed by atoms with Crippen molar-refractivity contribution in [3.05, 3.63) is 35.9 Å². The van der Waals surface area contributed by atoms with Gasteiger partial charge in [0.15, 0.2) is 6.10 Å². The second-order valence-electron chi connectivity index (χ2n) is 3.41. The Labute approximate surface area is 105 Å². The molecule has 1 rings (SSSR count). The highest BCUT2D eigenvalue weighted by molar-refractivity contribution is 5.83. The average molecular weight is 246 g/mol. The molecule has 18 heavy (non-hydrogen) atoms. The third kappa shape index (κ3) is 4.58. The Bertz CT molecular complexity index is 474. The molecule has 0 aliphatic heterocycles. The van der Waals surface area contributed by atoms with Gasteiger partial charge in [-0.3, -0.25) is 4.79 Å². The first-order valence-electron chi connectivity index (χ1n) is 5.35. The lowest BCUT2D eigenvalue weighted by atomic mass is 10.2. The van der Waals surface area contributed by atoms with Crippen molar-refractivity contribution >= 4 is 12.0 Å². The van der Waals surface area contributed by atoms with Crippen LogP contribution in [-0.4, -0.2) is 25.2 Å². The van der Waals surface area contributed by atoms with Crippen LogP contribution in [0.15, 0.2) is 30.3 Å². The minimum atomic E-state index is -0.995. The number of rotatable bonds is 3. The van der Waals surface area contributed by atoms with Crippen LogP contribution in [0.5, 0.6) is 0 Å². The molecule has 0 aromatic heterocycles. The topological polar surface area (TPSA) is 81.4 Å². The molecule has 3 N–H and O–H groups in total. The summed E-state index contributed by atoms with van der Waals surface area (Å²) in [6.07, 6.45) is -1.88. The first-order chi connectivity index (χ1) is 8.63. The number of hydrogen-bond acceptors (Lipinski definition) is 3. The van der Waals surface area contributed by atoms with Gasteiger partial charge in [0.2, 0.25) is 0 Å². The van der Waals surface area contributed by atoms with Gasteiger partial charge in [-0.2, -0.15) is 0 Å². The number of carbonyl (C=O) groups excluding carboxylic acids is 2. The van der Waals surface area contributed by atoms with Gasteiger partial charge in [0.25, 0.3) is 5.91 Å². The zero-order valence-corrected chi connectivity index (χ0v) is 9.97. The van der Waals surface area contributed by atoms with E-state index >= 15 is 0 Å². The number of primary amides is 1. The number of hydrogen-bond donors (Lipinski definition) is 2. The summed E-state index contributed by atoms with van der Waals surface area (Å²) < 4.78 is 4.67. The molecule has 0 radical (unpaired) electrons. The van der Waals surface area contributed by atoms with Crippen LogP contribution in [0.3, 0.4) is 0 Å². The highest BCUT2D eigenvalue weighted by Gasteiger charge is 2.19. The van der Waals surface area contributed by atoms with E-state index in [0.29, 0.717) is 0 Å². The Balaban J connectivity index is 2.65. The summed E-state index contributed by atoms with van der Waals surface area (Å²) in [5.74, 6) is 5.21. The molecular weight excluding hydrogens is 232 g/mol. The standard InChI is InChI=1S/C13H14N2O3/c1-15-12(16)11(18-13(14)17)9-5-8-10-6-3-2-4-7-10/h2-4,6-7,11H,9H2,1H3,(H2,14,17)(H,15,16). The third-order valence-electron chi connectivity index (χ3n) is 2.09. The number of nitrogens with two attached hydrogens (primary N) is 1. The Morgan fingerprint density at radius 1 is 1.39 bits per heavy atom. The van der Waals surface area contributed by atoms with Crippen molar-refractivity contribution < 1.29 is 14.3 Å². The summed E-state index contributed by atoms with van der Waals surface area (Å²) >= 11 is 0. The lowest BCUT2D eigenvalue weighted by Crippen LogP contribution is -2.36. The fourth-order valence-corrected chi connectivity index (χ4v) is 1.26. The van der Waals surface area contributed by atoms with E-state index in [1.165, 1.54) is 7.05 Å². The van der Waals surface area contributed by atoms with E-state index in [-0.39, 0.29) is 6.42 Å². The quantitative estimate of drug-likeness (QED) is 0.768. The van der Waals surface area contributed by atoms with Crippen molar-refractivity contribution in [1.82, 2.24) is 5.32 Å². The van der Waals surface area contributed by atoms with Gasteiger partial charge in [-0.15, -0.1) is 0 Å². The molecule has 0 fully saturated rings. The Morgan fingerprint density at radius 2 is 2.06 bits per heavy atom. The summed E-state index contributed by atoms with van der Waals surface area (Å²) in [6.45, 7) is 0. The summed E-state index contributed by atoms with van der Waals surface area (Å²) in [5, 5.41) is 2.38. The number of benzene rings is 1. The van der Waals surface area contributed by atoms with E-state index in [2.05, 4.69) is 21.9 Å². The van der Waals surface area contributed by atoms with Crippen LogP contribution in [0.25, 0.3) is 0 Å². The molecule has 1 atom stereocenters. The maximum atomic E-state index is 11.4. The van der Waals surface area contributed by atoms with Crippen LogP contribution >= 0.6 is 0 Å². The van der Waals surface area contributed by atoms with Crippen molar-refractivity contribution in [3.63, 3.8) is 0 Å². The second-order valence-corrected chi connectivity index (χ2v) is 3.41. The first kappa shape index (κ1) is 13.6. The van der Waals surface area contributed by atoms with Gasteiger partial charge in [0, 0.05) is 12.6 Å². The SMILES string of the molecule is CNC(=O)C(CC#Cc1ccccc1)OC(N)=O. The number of carbonyl (C=O) groups is 2. The van der Waals surface area contributed by atoms with Crippen LogP contribution in [0.1, 0.15) is 12.0 Å². The fraction of sp³-hybridized carbons (Fsp3) is 0.231. The molecule has 0 aliphatic carbocycles. The van der Waals surface area contributed by atoms with Crippen molar-refractivity contribution in [2.75, 3.05) is 7.05 Å². The number of likely N-dealkylation sites (N-methyl/N-ethyl adjacent to an activating group) is 1. The van der Waals surface area contributed by atoms with Gasteiger partial charge in [-0.05, 0) is 12.1 Å². The minimum Gasteiger partial charge on any atom is -0.435 e. The zero-order chi connectivity index (χ0) is 13.4. The van der Waals surface area contributed by atoms with Gasteiger partial charge in [0.1, 0.15) is 0 Å². The van der Waals surface area contributed by atoms with E-state index in [1.807, 2.05) is 30.3 Å². The monoisotopic (exact) mass is 246 g/mol. The van der Waals surface area contributed by atoms with Crippen molar-refractivity contribution in [1.29, 1.82) is 0 Å². The zero-order valence-electron chi connectivity index (χ0n) is 9.97. The van der Waals surface area contributed by atoms with E-state index in [9.17, 15) is 9.59 Å². The molecule has 1 aromatic carbocycles. The summed E-state index contributed by atoms with van der Waals surface area (Å²) in [4.78, 5) is 22.0. The highest BCUT2D eigenvalue weighted by atomic mass is 16.6. The van der Waals surface area contributed by atoms with Crippen LogP contribution < -0.4 is 11.1 Å². The third-order valence-corrected chi connectivity index (χ3v) is 2.09. The molecule has 1 unspecified atom stereocenters. The van der Waals surface area contributed by atoms with Crippen LogP contribution in [-0.2, 0) is 9.53 Å². The Kier molecular flexibility index (Phi) is 5.26. The van der Waals surface area contributed by atoms with Crippen LogP contribution in [0.2, 0.25) is 0 Å². The van der Waals surface area contributed by atoms with Gasteiger partial charge in [0.05, 0.1) is 6.42 Å². The summed E-state index contributed by atoms with van der Waals surface area (Å²) in [7, 11) is 1.45. The number of nitrogens with one attached hydrogen (secondary N) is 1. The molecule has 0 heterocycles. The van der Waals surface area contributed by atoms with Crippen molar-refractivity contribution in [2.45, 2.75) is 12.5 Å². The Morgan fingerprint density at radius 3 is 2.61 bits per heavy atom. The molecular formula is C13H14N2O3. The molecule has 0 bridgehead atoms. The number of amides is 2. The summed E-state index contributed by atoms with van der Waals surface area (Å²) in [6, 6.07) is 9.29. The first-order valence-corrected chi connectivity index (χ1v) is 5.35. The molecule has 1 aromatic rings. The van der Waals surface area contributed by atoms with E-state index in [4.69, 9.17) is 5.73 Å². The Hall–Kier alpha value is -2.48. The lowest BCUT2D eigenvalue weighted by Gasteiger charge is -2.11. The maximum Gasteiger partial charge on any atom is 0.405 e. The normalized spacial score (nSPS) is 10.7. The fourth-order valence-electron chi connectivity index (χ4n) is 1.26. The molecule has 0 spiro atoms. The van der Waals surface area contributed by atoms with Gasteiger partial charge in [-0.1, -0.05) is 30.0 Å². The second kappa shape index (κ2) is 6.97. The predicted molar refractivity (Wildman–Crippen MR) is 66.5 cm³/mol. The smallest absolute Gasteiger partial charge is 0.405 e. The molecule has 5 heteroatoms. The van der Waals surface area contributed by atoms with Gasteiger partial charge < -0.3 is 15.8 Å². The predicted octanol–water partition coefficient (Wildman–Crippen LogP) is 0.638. The molecule has 94 valence electrons. The molecule has 0 aliphatic rings. The molecule has 2 amide bonds. The molecule has 0 saturated heterocycles.